The number of amides is 1. The fourth-order valence-electron chi connectivity index (χ4n) is 2.90. The number of allylic oxidation sites excluding steroid dienone is 1. The smallest absolute Gasteiger partial charge is 0.267 e. The molecule has 0 saturated heterocycles. The lowest BCUT2D eigenvalue weighted by Gasteiger charge is -2.08. The van der Waals surface area contributed by atoms with Crippen LogP contribution < -0.4 is 5.43 Å². The van der Waals surface area contributed by atoms with Crippen molar-refractivity contribution in [3.05, 3.63) is 76.4 Å². The molecule has 2 aromatic rings. The highest BCUT2D eigenvalue weighted by Crippen LogP contribution is 2.32. The first kappa shape index (κ1) is 19.2. The second-order valence-electron chi connectivity index (χ2n) is 6.13. The summed E-state index contributed by atoms with van der Waals surface area (Å²) in [7, 11) is 0. The first-order chi connectivity index (χ1) is 12.9. The Labute approximate surface area is 159 Å². The van der Waals surface area contributed by atoms with E-state index >= 15 is 0 Å². The molecule has 0 spiro atoms. The van der Waals surface area contributed by atoms with E-state index in [0.29, 0.717) is 11.5 Å². The molecule has 0 saturated carbocycles. The van der Waals surface area contributed by atoms with E-state index < -0.39 is 17.6 Å². The standard InChI is InChI=1S/C20H16ClF3N2O/c21-18-15(8-3-6-13-5-1-2-10-17(13)18)12-25-26-19(27)14-7-4-9-16(11-14)20(22,23)24/h1-2,4-5,7,9-12H,3,6,8H2,(H,26,27)/b25-12+. The molecular formula is C20H16ClF3N2O. The summed E-state index contributed by atoms with van der Waals surface area (Å²) in [6, 6.07) is 12.0. The molecule has 2 aromatic carbocycles. The Hall–Kier alpha value is -2.60. The largest absolute Gasteiger partial charge is 0.416 e. The van der Waals surface area contributed by atoms with Crippen molar-refractivity contribution in [2.45, 2.75) is 25.4 Å². The van der Waals surface area contributed by atoms with Crippen molar-refractivity contribution in [2.24, 2.45) is 5.10 Å². The molecule has 1 aliphatic rings. The number of fused-ring (bicyclic) bond motifs is 1. The molecule has 7 heteroatoms. The summed E-state index contributed by atoms with van der Waals surface area (Å²) in [4.78, 5) is 12.1. The van der Waals surface area contributed by atoms with Gasteiger partial charge < -0.3 is 0 Å². The minimum Gasteiger partial charge on any atom is -0.267 e. The summed E-state index contributed by atoms with van der Waals surface area (Å²) in [5.74, 6) is -0.719. The van der Waals surface area contributed by atoms with E-state index in [0.717, 1.165) is 41.7 Å². The first-order valence-electron chi connectivity index (χ1n) is 8.34. The molecule has 3 nitrogen and oxygen atoms in total. The van der Waals surface area contributed by atoms with Crippen LogP contribution in [0.5, 0.6) is 0 Å². The number of aryl methyl sites for hydroxylation is 1. The van der Waals surface area contributed by atoms with Crippen LogP contribution in [0, 0.1) is 0 Å². The molecule has 0 aromatic heterocycles. The lowest BCUT2D eigenvalue weighted by molar-refractivity contribution is -0.137. The summed E-state index contributed by atoms with van der Waals surface area (Å²) in [6.45, 7) is 0. The van der Waals surface area contributed by atoms with Crippen LogP contribution in [0.3, 0.4) is 0 Å². The van der Waals surface area contributed by atoms with Crippen molar-refractivity contribution in [3.63, 3.8) is 0 Å². The van der Waals surface area contributed by atoms with E-state index in [-0.39, 0.29) is 5.56 Å². The Balaban J connectivity index is 1.75. The number of carbonyl (C=O) groups is 1. The number of benzene rings is 2. The Morgan fingerprint density at radius 3 is 2.67 bits per heavy atom. The molecule has 3 rings (SSSR count). The third-order valence-electron chi connectivity index (χ3n) is 4.27. The molecular weight excluding hydrogens is 377 g/mol. The predicted molar refractivity (Wildman–Crippen MR) is 99.6 cm³/mol. The van der Waals surface area contributed by atoms with E-state index in [1.807, 2.05) is 24.3 Å². The van der Waals surface area contributed by atoms with Gasteiger partial charge in [-0.05, 0) is 54.2 Å². The highest BCUT2D eigenvalue weighted by atomic mass is 35.5. The maximum atomic E-state index is 12.7. The molecule has 0 unspecified atom stereocenters. The summed E-state index contributed by atoms with van der Waals surface area (Å²) >= 11 is 6.47. The van der Waals surface area contributed by atoms with Crippen LogP contribution in [-0.2, 0) is 12.6 Å². The number of hydrogen-bond acceptors (Lipinski definition) is 2. The zero-order valence-corrected chi connectivity index (χ0v) is 14.9. The average molecular weight is 393 g/mol. The maximum Gasteiger partial charge on any atom is 0.416 e. The number of nitrogens with one attached hydrogen (secondary N) is 1. The highest BCUT2D eigenvalue weighted by molar-refractivity contribution is 6.50. The van der Waals surface area contributed by atoms with Crippen molar-refractivity contribution in [2.75, 3.05) is 0 Å². The zero-order valence-electron chi connectivity index (χ0n) is 14.2. The SMILES string of the molecule is O=C(N/N=C/C1=C(Cl)c2ccccc2CCC1)c1cccc(C(F)(F)F)c1. The number of carbonyl (C=O) groups excluding carboxylic acids is 1. The van der Waals surface area contributed by atoms with Crippen LogP contribution in [0.15, 0.2) is 59.2 Å². The minimum atomic E-state index is -4.51. The Kier molecular flexibility index (Phi) is 5.65. The van der Waals surface area contributed by atoms with Crippen LogP contribution in [0.1, 0.15) is 39.9 Å². The van der Waals surface area contributed by atoms with Gasteiger partial charge in [-0.3, -0.25) is 4.79 Å². The van der Waals surface area contributed by atoms with Crippen LogP contribution in [0.2, 0.25) is 0 Å². The maximum absolute atomic E-state index is 12.7. The molecule has 0 aliphatic heterocycles. The van der Waals surface area contributed by atoms with Crippen LogP contribution >= 0.6 is 11.6 Å². The zero-order chi connectivity index (χ0) is 19.4. The molecule has 1 amide bonds. The molecule has 1 aliphatic carbocycles. The van der Waals surface area contributed by atoms with Crippen LogP contribution in [0.25, 0.3) is 5.03 Å². The van der Waals surface area contributed by atoms with Crippen molar-refractivity contribution < 1.29 is 18.0 Å². The Bertz CT molecular complexity index is 919. The van der Waals surface area contributed by atoms with Gasteiger partial charge in [-0.15, -0.1) is 0 Å². The molecule has 1 N–H and O–H groups in total. The van der Waals surface area contributed by atoms with Crippen molar-refractivity contribution >= 4 is 28.8 Å². The second-order valence-corrected chi connectivity index (χ2v) is 6.51. The summed E-state index contributed by atoms with van der Waals surface area (Å²) in [6.07, 6.45) is -0.589. The fourth-order valence-corrected chi connectivity index (χ4v) is 3.22. The molecule has 0 bridgehead atoms. The molecule has 27 heavy (non-hydrogen) atoms. The van der Waals surface area contributed by atoms with Gasteiger partial charge in [0.15, 0.2) is 0 Å². The van der Waals surface area contributed by atoms with Gasteiger partial charge in [-0.2, -0.15) is 18.3 Å². The Morgan fingerprint density at radius 1 is 1.11 bits per heavy atom. The van der Waals surface area contributed by atoms with E-state index in [2.05, 4.69) is 10.5 Å². The summed E-state index contributed by atoms with van der Waals surface area (Å²) in [5, 5.41) is 4.45. The van der Waals surface area contributed by atoms with E-state index in [1.54, 1.807) is 0 Å². The van der Waals surface area contributed by atoms with Crippen LogP contribution in [-0.4, -0.2) is 12.1 Å². The Morgan fingerprint density at radius 2 is 1.89 bits per heavy atom. The van der Waals surface area contributed by atoms with Gasteiger partial charge in [0, 0.05) is 5.56 Å². The molecule has 0 heterocycles. The lowest BCUT2D eigenvalue weighted by Crippen LogP contribution is -2.18. The normalized spacial score (nSPS) is 14.8. The summed E-state index contributed by atoms with van der Waals surface area (Å²) in [5.41, 5.74) is 4.11. The second kappa shape index (κ2) is 7.96. The van der Waals surface area contributed by atoms with Gasteiger partial charge in [0.2, 0.25) is 0 Å². The van der Waals surface area contributed by atoms with Gasteiger partial charge in [0.1, 0.15) is 0 Å². The summed E-state index contributed by atoms with van der Waals surface area (Å²) < 4.78 is 38.2. The predicted octanol–water partition coefficient (Wildman–Crippen LogP) is 5.41. The lowest BCUT2D eigenvalue weighted by atomic mass is 10.0. The van der Waals surface area contributed by atoms with E-state index in [9.17, 15) is 18.0 Å². The first-order valence-corrected chi connectivity index (χ1v) is 8.71. The number of alkyl halides is 3. The molecule has 0 atom stereocenters. The topological polar surface area (TPSA) is 41.5 Å². The molecule has 140 valence electrons. The van der Waals surface area contributed by atoms with Crippen molar-refractivity contribution in [1.82, 2.24) is 5.43 Å². The van der Waals surface area contributed by atoms with Crippen LogP contribution in [0.4, 0.5) is 13.2 Å². The number of hydrazone groups is 1. The van der Waals surface area contributed by atoms with Gasteiger partial charge in [-0.25, -0.2) is 5.43 Å². The van der Waals surface area contributed by atoms with E-state index in [4.69, 9.17) is 11.6 Å². The average Bonchev–Trinajstić information content (AvgIpc) is 2.81. The molecule has 0 fully saturated rings. The van der Waals surface area contributed by atoms with E-state index in [1.165, 1.54) is 18.3 Å². The quantitative estimate of drug-likeness (QED) is 0.551. The fraction of sp³-hybridized carbons (Fsp3) is 0.200. The number of nitrogens with zero attached hydrogens (tertiary/aromatic N) is 1. The van der Waals surface area contributed by atoms with Crippen molar-refractivity contribution in [1.29, 1.82) is 0 Å². The molecule has 0 radical (unpaired) electrons. The van der Waals surface area contributed by atoms with Crippen molar-refractivity contribution in [3.8, 4) is 0 Å². The number of hydrogen-bond donors (Lipinski definition) is 1. The monoisotopic (exact) mass is 392 g/mol. The third kappa shape index (κ3) is 4.57. The van der Waals surface area contributed by atoms with Gasteiger partial charge in [-0.1, -0.05) is 41.9 Å². The highest BCUT2D eigenvalue weighted by Gasteiger charge is 2.30. The van der Waals surface area contributed by atoms with Gasteiger partial charge in [0.05, 0.1) is 16.8 Å². The van der Waals surface area contributed by atoms with Gasteiger partial charge >= 0.3 is 6.18 Å². The third-order valence-corrected chi connectivity index (χ3v) is 4.71. The van der Waals surface area contributed by atoms with Gasteiger partial charge in [0.25, 0.3) is 5.91 Å². The minimum absolute atomic E-state index is 0.117. The number of rotatable bonds is 3. The number of halogens is 4.